The van der Waals surface area contributed by atoms with Crippen molar-refractivity contribution in [1.29, 1.82) is 0 Å². The lowest BCUT2D eigenvalue weighted by Gasteiger charge is -2.39. The van der Waals surface area contributed by atoms with Crippen LogP contribution in [0, 0.1) is 6.92 Å². The maximum atomic E-state index is 6.71. The van der Waals surface area contributed by atoms with Crippen molar-refractivity contribution in [3.63, 3.8) is 0 Å². The Labute approximate surface area is 322 Å². The van der Waals surface area contributed by atoms with E-state index in [2.05, 4.69) is 173 Å². The molecule has 2 aliphatic rings. The van der Waals surface area contributed by atoms with Gasteiger partial charge in [-0.2, -0.15) is 0 Å². The van der Waals surface area contributed by atoms with E-state index in [1.165, 1.54) is 22.3 Å². The van der Waals surface area contributed by atoms with E-state index in [4.69, 9.17) is 19.7 Å². The van der Waals surface area contributed by atoms with E-state index < -0.39 is 5.41 Å². The van der Waals surface area contributed by atoms with Crippen molar-refractivity contribution in [2.75, 3.05) is 0 Å². The van der Waals surface area contributed by atoms with Gasteiger partial charge in [0.15, 0.2) is 5.82 Å². The van der Waals surface area contributed by atoms with Gasteiger partial charge < -0.3 is 4.74 Å². The van der Waals surface area contributed by atoms with Crippen molar-refractivity contribution in [2.24, 2.45) is 0 Å². The molecular formula is C51H39N3O. The molecule has 0 N–H and O–H groups in total. The van der Waals surface area contributed by atoms with Crippen LogP contribution in [0.2, 0.25) is 0 Å². The van der Waals surface area contributed by atoms with Gasteiger partial charge in [0.05, 0.1) is 16.8 Å². The summed E-state index contributed by atoms with van der Waals surface area (Å²) in [5, 5.41) is 0. The second kappa shape index (κ2) is 12.5. The molecular weight excluding hydrogens is 671 g/mol. The number of hydrogen-bond acceptors (Lipinski definition) is 4. The van der Waals surface area contributed by atoms with E-state index in [-0.39, 0.29) is 5.41 Å². The quantitative estimate of drug-likeness (QED) is 0.182. The maximum absolute atomic E-state index is 6.71. The second-order valence-corrected chi connectivity index (χ2v) is 15.6. The smallest absolute Gasteiger partial charge is 0.160 e. The molecule has 10 rings (SSSR count). The highest BCUT2D eigenvalue weighted by molar-refractivity contribution is 5.89. The van der Waals surface area contributed by atoms with Crippen molar-refractivity contribution >= 4 is 0 Å². The van der Waals surface area contributed by atoms with E-state index in [1.807, 2.05) is 18.2 Å². The number of nitrogens with zero attached hydrogens (tertiary/aromatic N) is 3. The SMILES string of the molecule is Cc1nc(C(C)(C)C)ccc1-c1ccc(-c2cc(-c3ccc4c(c3)C3(c5ccccc5O4)c4ccccc4-c4ccccc43)nc(-c3ccccc3)n2)cc1. The fourth-order valence-corrected chi connectivity index (χ4v) is 8.58. The Kier molecular flexibility index (Phi) is 7.47. The van der Waals surface area contributed by atoms with Gasteiger partial charge >= 0.3 is 0 Å². The highest BCUT2D eigenvalue weighted by Gasteiger charge is 2.51. The Hall–Kier alpha value is -6.65. The number of para-hydroxylation sites is 1. The van der Waals surface area contributed by atoms with Gasteiger partial charge in [-0.15, -0.1) is 0 Å². The van der Waals surface area contributed by atoms with Crippen LogP contribution in [0.3, 0.4) is 0 Å². The monoisotopic (exact) mass is 709 g/mol. The van der Waals surface area contributed by atoms with Crippen molar-refractivity contribution in [2.45, 2.75) is 38.5 Å². The normalized spacial score (nSPS) is 13.4. The molecule has 0 unspecified atom stereocenters. The zero-order valence-corrected chi connectivity index (χ0v) is 31.3. The van der Waals surface area contributed by atoms with Crippen molar-refractivity contribution in [3.05, 3.63) is 197 Å². The first-order valence-corrected chi connectivity index (χ1v) is 18.9. The molecule has 1 spiro atoms. The molecule has 55 heavy (non-hydrogen) atoms. The molecule has 0 amide bonds. The number of fused-ring (bicyclic) bond motifs is 9. The Bertz CT molecular complexity index is 2730. The average Bonchev–Trinajstić information content (AvgIpc) is 3.51. The van der Waals surface area contributed by atoms with Crippen molar-refractivity contribution in [3.8, 4) is 67.7 Å². The van der Waals surface area contributed by atoms with Gasteiger partial charge in [0.25, 0.3) is 0 Å². The van der Waals surface area contributed by atoms with E-state index in [9.17, 15) is 0 Å². The topological polar surface area (TPSA) is 47.9 Å². The van der Waals surface area contributed by atoms with Crippen LogP contribution in [0.15, 0.2) is 164 Å². The second-order valence-electron chi connectivity index (χ2n) is 15.6. The number of aromatic nitrogens is 3. The minimum atomic E-state index is -0.556. The van der Waals surface area contributed by atoms with Crippen LogP contribution in [0.4, 0.5) is 0 Å². The summed E-state index contributed by atoms with van der Waals surface area (Å²) in [5.74, 6) is 2.41. The van der Waals surface area contributed by atoms with Crippen molar-refractivity contribution < 1.29 is 4.74 Å². The third-order valence-electron chi connectivity index (χ3n) is 11.2. The number of pyridine rings is 1. The zero-order valence-electron chi connectivity index (χ0n) is 31.3. The number of hydrogen-bond donors (Lipinski definition) is 0. The molecule has 8 aromatic rings. The molecule has 0 saturated heterocycles. The summed E-state index contributed by atoms with van der Waals surface area (Å²) >= 11 is 0. The Balaban J connectivity index is 1.14. The molecule has 0 atom stereocenters. The lowest BCUT2D eigenvalue weighted by molar-refractivity contribution is 0.436. The maximum Gasteiger partial charge on any atom is 0.160 e. The van der Waals surface area contributed by atoms with Crippen LogP contribution in [0.1, 0.15) is 54.4 Å². The van der Waals surface area contributed by atoms with Crippen molar-refractivity contribution in [1.82, 2.24) is 15.0 Å². The van der Waals surface area contributed by atoms with Gasteiger partial charge in [-0.1, -0.05) is 148 Å². The molecule has 4 heteroatoms. The van der Waals surface area contributed by atoms with Gasteiger partial charge in [0, 0.05) is 50.2 Å². The largest absolute Gasteiger partial charge is 0.457 e. The van der Waals surface area contributed by atoms with Crippen LogP contribution in [0.5, 0.6) is 11.5 Å². The molecule has 1 aliphatic heterocycles. The van der Waals surface area contributed by atoms with Crippen LogP contribution >= 0.6 is 0 Å². The van der Waals surface area contributed by atoms with Crippen LogP contribution in [-0.4, -0.2) is 15.0 Å². The van der Waals surface area contributed by atoms with E-state index in [0.717, 1.165) is 73.2 Å². The molecule has 264 valence electrons. The highest BCUT2D eigenvalue weighted by atomic mass is 16.5. The van der Waals surface area contributed by atoms with Crippen LogP contribution < -0.4 is 4.74 Å². The third kappa shape index (κ3) is 5.24. The summed E-state index contributed by atoms with van der Waals surface area (Å²) in [7, 11) is 0. The van der Waals surface area contributed by atoms with Crippen LogP contribution in [0.25, 0.3) is 56.2 Å². The summed E-state index contributed by atoms with van der Waals surface area (Å²) in [4.78, 5) is 15.4. The van der Waals surface area contributed by atoms with E-state index in [1.54, 1.807) is 0 Å². The summed E-state index contributed by atoms with van der Waals surface area (Å²) in [6, 6.07) is 58.0. The lowest BCUT2D eigenvalue weighted by Crippen LogP contribution is -2.32. The van der Waals surface area contributed by atoms with E-state index >= 15 is 0 Å². The minimum absolute atomic E-state index is 0.00342. The average molecular weight is 710 g/mol. The predicted molar refractivity (Wildman–Crippen MR) is 222 cm³/mol. The summed E-state index contributed by atoms with van der Waals surface area (Å²) in [6.45, 7) is 8.69. The summed E-state index contributed by atoms with van der Waals surface area (Å²) in [5.41, 5.74) is 15.8. The number of ether oxygens (including phenoxy) is 1. The molecule has 1 aliphatic carbocycles. The first-order valence-electron chi connectivity index (χ1n) is 18.9. The first kappa shape index (κ1) is 33.0. The molecule has 0 saturated carbocycles. The standard InChI is InChI=1S/C51H39N3O/c1-32-37(27-29-48(52-32)50(2,3)4)33-22-24-34(25-23-33)44-31-45(54-49(53-44)35-14-6-5-7-15-35)36-26-28-47-43(30-36)51(42-20-12-13-21-46(42)55-47)40-18-10-8-16-38(40)39-17-9-11-19-41(39)51/h5-31H,1-4H3. The molecule has 0 fully saturated rings. The van der Waals surface area contributed by atoms with Gasteiger partial charge in [0.2, 0.25) is 0 Å². The molecule has 6 aromatic carbocycles. The Morgan fingerprint density at radius 3 is 1.67 bits per heavy atom. The van der Waals surface area contributed by atoms with Gasteiger partial charge in [0.1, 0.15) is 11.5 Å². The molecule has 2 aromatic heterocycles. The van der Waals surface area contributed by atoms with Gasteiger partial charge in [-0.05, 0) is 71.1 Å². The van der Waals surface area contributed by atoms with Gasteiger partial charge in [-0.3, -0.25) is 4.98 Å². The Morgan fingerprint density at radius 2 is 1.00 bits per heavy atom. The summed E-state index contributed by atoms with van der Waals surface area (Å²) < 4.78 is 6.71. The zero-order chi connectivity index (χ0) is 37.3. The van der Waals surface area contributed by atoms with E-state index in [0.29, 0.717) is 5.82 Å². The number of aryl methyl sites for hydroxylation is 1. The van der Waals surface area contributed by atoms with Gasteiger partial charge in [-0.25, -0.2) is 9.97 Å². The highest BCUT2D eigenvalue weighted by Crippen LogP contribution is 2.62. The fourth-order valence-electron chi connectivity index (χ4n) is 8.58. The predicted octanol–water partition coefficient (Wildman–Crippen LogP) is 12.6. The molecule has 4 nitrogen and oxygen atoms in total. The first-order chi connectivity index (χ1) is 26.8. The minimum Gasteiger partial charge on any atom is -0.457 e. The number of benzene rings is 6. The van der Waals surface area contributed by atoms with Crippen LogP contribution in [-0.2, 0) is 10.8 Å². The lowest BCUT2D eigenvalue weighted by atomic mass is 9.66. The Morgan fingerprint density at radius 1 is 0.436 bits per heavy atom. The molecule has 0 bridgehead atoms. The molecule has 0 radical (unpaired) electrons. The third-order valence-corrected chi connectivity index (χ3v) is 11.2. The fraction of sp³-hybridized carbons (Fsp3) is 0.118. The number of rotatable bonds is 4. The summed E-state index contributed by atoms with van der Waals surface area (Å²) in [6.07, 6.45) is 0. The molecule has 3 heterocycles.